The fourth-order valence-electron chi connectivity index (χ4n) is 3.48. The van der Waals surface area contributed by atoms with E-state index in [2.05, 4.69) is 10.4 Å². The molecule has 0 aliphatic heterocycles. The number of aliphatic hydroxyl groups is 1. The van der Waals surface area contributed by atoms with E-state index < -0.39 is 6.10 Å². The first-order chi connectivity index (χ1) is 15.0. The number of aryl methyl sites for hydroxylation is 1. The molecular weight excluding hydrogens is 388 g/mol. The van der Waals surface area contributed by atoms with Crippen LogP contribution in [0, 0.1) is 6.92 Å². The van der Waals surface area contributed by atoms with E-state index in [1.54, 1.807) is 22.9 Å². The monoisotopic (exact) mass is 412 g/mol. The summed E-state index contributed by atoms with van der Waals surface area (Å²) >= 11 is 0. The molecule has 6 heteroatoms. The van der Waals surface area contributed by atoms with Gasteiger partial charge in [-0.15, -0.1) is 0 Å². The van der Waals surface area contributed by atoms with Crippen molar-refractivity contribution >= 4 is 11.6 Å². The van der Waals surface area contributed by atoms with Crippen LogP contribution in [0.5, 0.6) is 0 Å². The molecule has 0 saturated heterocycles. The molecule has 1 unspecified atom stereocenters. The van der Waals surface area contributed by atoms with Crippen LogP contribution in [0.25, 0.3) is 5.69 Å². The highest BCUT2D eigenvalue weighted by atomic mass is 16.3. The summed E-state index contributed by atoms with van der Waals surface area (Å²) in [4.78, 5) is 13.1. The summed E-state index contributed by atoms with van der Waals surface area (Å²) in [5.41, 5.74) is 10.7. The van der Waals surface area contributed by atoms with E-state index in [0.717, 1.165) is 22.5 Å². The molecule has 0 aliphatic rings. The highest BCUT2D eigenvalue weighted by Crippen LogP contribution is 2.24. The molecule has 3 aromatic carbocycles. The number of carbonyl (C=O) groups excluding carboxylic acids is 1. The van der Waals surface area contributed by atoms with Crippen molar-refractivity contribution in [1.82, 2.24) is 9.78 Å². The summed E-state index contributed by atoms with van der Waals surface area (Å²) in [6.07, 6.45) is -0.773. The van der Waals surface area contributed by atoms with Crippen LogP contribution in [0.15, 0.2) is 84.9 Å². The number of benzene rings is 3. The second kappa shape index (κ2) is 8.95. The van der Waals surface area contributed by atoms with Gasteiger partial charge in [-0.2, -0.15) is 5.10 Å². The zero-order valence-electron chi connectivity index (χ0n) is 17.2. The van der Waals surface area contributed by atoms with Gasteiger partial charge in [0.2, 0.25) is 0 Å². The van der Waals surface area contributed by atoms with Crippen molar-refractivity contribution in [1.29, 1.82) is 0 Å². The summed E-state index contributed by atoms with van der Waals surface area (Å²) in [5.74, 6) is -0.287. The predicted octanol–water partition coefficient (Wildman–Crippen LogP) is 3.97. The molecule has 1 atom stereocenters. The second-order valence-corrected chi connectivity index (χ2v) is 7.35. The molecule has 1 aromatic heterocycles. The average molecular weight is 412 g/mol. The molecule has 0 bridgehead atoms. The zero-order valence-corrected chi connectivity index (χ0v) is 17.2. The van der Waals surface area contributed by atoms with Crippen molar-refractivity contribution in [2.75, 3.05) is 5.32 Å². The third-order valence-electron chi connectivity index (χ3n) is 5.03. The van der Waals surface area contributed by atoms with E-state index in [0.29, 0.717) is 23.5 Å². The number of anilines is 1. The smallest absolute Gasteiger partial charge is 0.274 e. The Balaban J connectivity index is 1.60. The predicted molar refractivity (Wildman–Crippen MR) is 121 cm³/mol. The number of amides is 1. The molecule has 4 rings (SSSR count). The van der Waals surface area contributed by atoms with Gasteiger partial charge >= 0.3 is 0 Å². The van der Waals surface area contributed by atoms with E-state index in [9.17, 15) is 9.90 Å². The van der Waals surface area contributed by atoms with Crippen LogP contribution in [0.4, 0.5) is 5.69 Å². The summed E-state index contributed by atoms with van der Waals surface area (Å²) in [6, 6.07) is 26.0. The maximum absolute atomic E-state index is 13.1. The second-order valence-electron chi connectivity index (χ2n) is 7.35. The van der Waals surface area contributed by atoms with Gasteiger partial charge in [-0.1, -0.05) is 54.6 Å². The Kier molecular flexibility index (Phi) is 5.93. The maximum Gasteiger partial charge on any atom is 0.274 e. The summed E-state index contributed by atoms with van der Waals surface area (Å²) in [7, 11) is 0. The van der Waals surface area contributed by atoms with Crippen molar-refractivity contribution in [3.8, 4) is 5.69 Å². The van der Waals surface area contributed by atoms with Gasteiger partial charge < -0.3 is 16.2 Å². The molecule has 156 valence electrons. The molecule has 0 spiro atoms. The van der Waals surface area contributed by atoms with Gasteiger partial charge in [-0.05, 0) is 53.9 Å². The van der Waals surface area contributed by atoms with Crippen molar-refractivity contribution < 1.29 is 9.90 Å². The minimum Gasteiger partial charge on any atom is -0.384 e. The van der Waals surface area contributed by atoms with Crippen LogP contribution < -0.4 is 11.1 Å². The molecular formula is C25H24N4O2. The fraction of sp³-hybridized carbons (Fsp3) is 0.120. The summed E-state index contributed by atoms with van der Waals surface area (Å²) in [6.45, 7) is 2.25. The van der Waals surface area contributed by atoms with Crippen molar-refractivity contribution in [3.63, 3.8) is 0 Å². The minimum absolute atomic E-state index is 0.287. The van der Waals surface area contributed by atoms with E-state index in [-0.39, 0.29) is 5.91 Å². The first-order valence-electron chi connectivity index (χ1n) is 10.1. The molecule has 0 saturated carbocycles. The molecule has 6 nitrogen and oxygen atoms in total. The van der Waals surface area contributed by atoms with Crippen LogP contribution in [0.2, 0.25) is 0 Å². The van der Waals surface area contributed by atoms with Gasteiger partial charge in [0.1, 0.15) is 11.8 Å². The van der Waals surface area contributed by atoms with Crippen LogP contribution in [-0.2, 0) is 6.54 Å². The lowest BCUT2D eigenvalue weighted by atomic mass is 10.0. The molecule has 31 heavy (non-hydrogen) atoms. The SMILES string of the molecule is Cc1cc(C(=O)Nc2cccc(C(O)c3ccccc3)c2)n(-c2cccc(CN)c2)n1. The molecule has 0 fully saturated rings. The Morgan fingerprint density at radius 1 is 1.00 bits per heavy atom. The van der Waals surface area contributed by atoms with Gasteiger partial charge in [0, 0.05) is 12.2 Å². The number of nitrogens with zero attached hydrogens (tertiary/aromatic N) is 2. The van der Waals surface area contributed by atoms with Gasteiger partial charge in [0.25, 0.3) is 5.91 Å². The highest BCUT2D eigenvalue weighted by Gasteiger charge is 2.17. The first-order valence-corrected chi connectivity index (χ1v) is 10.1. The number of hydrogen-bond acceptors (Lipinski definition) is 4. The fourth-order valence-corrected chi connectivity index (χ4v) is 3.48. The Hall–Kier alpha value is -3.74. The van der Waals surface area contributed by atoms with Crippen molar-refractivity contribution in [2.45, 2.75) is 19.6 Å². The number of nitrogens with one attached hydrogen (secondary N) is 1. The lowest BCUT2D eigenvalue weighted by Gasteiger charge is -2.14. The first kappa shape index (κ1) is 20.5. The quantitative estimate of drug-likeness (QED) is 0.447. The topological polar surface area (TPSA) is 93.2 Å². The van der Waals surface area contributed by atoms with Crippen LogP contribution in [0.1, 0.15) is 39.0 Å². The van der Waals surface area contributed by atoms with E-state index in [4.69, 9.17) is 5.73 Å². The van der Waals surface area contributed by atoms with Gasteiger partial charge in [0.15, 0.2) is 0 Å². The Morgan fingerprint density at radius 3 is 2.52 bits per heavy atom. The average Bonchev–Trinajstić information content (AvgIpc) is 3.21. The molecule has 1 heterocycles. The molecule has 4 aromatic rings. The Labute approximate surface area is 181 Å². The third kappa shape index (κ3) is 4.55. The van der Waals surface area contributed by atoms with Crippen LogP contribution in [-0.4, -0.2) is 20.8 Å². The normalized spacial score (nSPS) is 11.8. The number of nitrogens with two attached hydrogens (primary N) is 1. The molecule has 4 N–H and O–H groups in total. The number of aromatic nitrogens is 2. The standard InChI is InChI=1S/C25H24N4O2/c1-17-13-23(29(28-17)22-12-5-7-18(14-22)16-26)25(31)27-21-11-6-10-20(15-21)24(30)19-8-3-2-4-9-19/h2-15,24,30H,16,26H2,1H3,(H,27,31). The Bertz CT molecular complexity index is 1200. The molecule has 1 amide bonds. The number of carbonyl (C=O) groups is 1. The summed E-state index contributed by atoms with van der Waals surface area (Å²) < 4.78 is 1.62. The molecule has 0 aliphatic carbocycles. The van der Waals surface area contributed by atoms with Crippen LogP contribution >= 0.6 is 0 Å². The Morgan fingerprint density at radius 2 is 1.74 bits per heavy atom. The van der Waals surface area contributed by atoms with Gasteiger partial charge in [0.05, 0.1) is 11.4 Å². The van der Waals surface area contributed by atoms with Gasteiger partial charge in [-0.25, -0.2) is 4.68 Å². The zero-order chi connectivity index (χ0) is 21.8. The van der Waals surface area contributed by atoms with Gasteiger partial charge in [-0.3, -0.25) is 4.79 Å². The van der Waals surface area contributed by atoms with Crippen LogP contribution in [0.3, 0.4) is 0 Å². The van der Waals surface area contributed by atoms with E-state index in [1.807, 2.05) is 73.7 Å². The third-order valence-corrected chi connectivity index (χ3v) is 5.03. The van der Waals surface area contributed by atoms with E-state index >= 15 is 0 Å². The molecule has 0 radical (unpaired) electrons. The van der Waals surface area contributed by atoms with Crippen molar-refractivity contribution in [3.05, 3.63) is 113 Å². The lowest BCUT2D eigenvalue weighted by Crippen LogP contribution is -2.17. The number of hydrogen-bond donors (Lipinski definition) is 3. The van der Waals surface area contributed by atoms with E-state index in [1.165, 1.54) is 0 Å². The lowest BCUT2D eigenvalue weighted by molar-refractivity contribution is 0.101. The maximum atomic E-state index is 13.1. The largest absolute Gasteiger partial charge is 0.384 e. The number of rotatable bonds is 6. The summed E-state index contributed by atoms with van der Waals surface area (Å²) in [5, 5.41) is 18.1. The highest BCUT2D eigenvalue weighted by molar-refractivity contribution is 6.03. The number of aliphatic hydroxyl groups excluding tert-OH is 1. The minimum atomic E-state index is -0.773. The van der Waals surface area contributed by atoms with Crippen molar-refractivity contribution in [2.24, 2.45) is 5.73 Å².